The van der Waals surface area contributed by atoms with Crippen LogP contribution in [0.5, 0.6) is 0 Å². The minimum Gasteiger partial charge on any atom is -1.00 e. The Morgan fingerprint density at radius 3 is 1.13 bits per heavy atom. The third kappa shape index (κ3) is 48.9. The highest BCUT2D eigenvalue weighted by Crippen LogP contribution is 2.16. The van der Waals surface area contributed by atoms with Crippen molar-refractivity contribution in [3.05, 3.63) is 25.3 Å². The molecule has 0 saturated heterocycles. The van der Waals surface area contributed by atoms with Crippen LogP contribution in [0.25, 0.3) is 0 Å². The van der Waals surface area contributed by atoms with Crippen molar-refractivity contribution in [3.8, 4) is 0 Å². The van der Waals surface area contributed by atoms with Crippen LogP contribution >= 0.6 is 0 Å². The highest BCUT2D eigenvalue weighted by atomic mass is 35.5. The fourth-order valence-electron chi connectivity index (χ4n) is 6.67. The second kappa shape index (κ2) is 43.1. The fourth-order valence-corrected chi connectivity index (χ4v) is 6.67. The van der Waals surface area contributed by atoms with E-state index in [2.05, 4.69) is 62.2 Å². The summed E-state index contributed by atoms with van der Waals surface area (Å²) in [6.45, 7) is 13.8. The molecule has 0 aromatic carbocycles. The summed E-state index contributed by atoms with van der Waals surface area (Å²) in [5, 5.41) is 0. The summed E-state index contributed by atoms with van der Waals surface area (Å²) in [7, 11) is 10.6. The van der Waals surface area contributed by atoms with Crippen molar-refractivity contribution in [2.24, 2.45) is 0 Å². The van der Waals surface area contributed by atoms with E-state index < -0.39 is 0 Å². The summed E-state index contributed by atoms with van der Waals surface area (Å²) < 4.78 is 12.2. The highest BCUT2D eigenvalue weighted by molar-refractivity contribution is 5.81. The zero-order valence-electron chi connectivity index (χ0n) is 37.1. The van der Waals surface area contributed by atoms with Gasteiger partial charge in [-0.1, -0.05) is 188 Å². The molecule has 0 heterocycles. The maximum atomic E-state index is 11.5. The van der Waals surface area contributed by atoms with Crippen molar-refractivity contribution >= 4 is 11.9 Å². The predicted molar refractivity (Wildman–Crippen MR) is 226 cm³/mol. The number of hydrogen-bond acceptors (Lipinski definition) is 4. The molecule has 0 bridgehead atoms. The number of esters is 2. The Morgan fingerprint density at radius 2 is 0.815 bits per heavy atom. The first-order valence-electron chi connectivity index (χ1n) is 22.2. The fraction of sp³-hybridized carbons (Fsp3) is 0.870. The number of nitrogens with zero attached hydrogens (tertiary/aromatic N) is 2. The third-order valence-corrected chi connectivity index (χ3v) is 9.92. The first-order chi connectivity index (χ1) is 24.9. The zero-order chi connectivity index (χ0) is 39.2. The van der Waals surface area contributed by atoms with Crippen LogP contribution in [0.3, 0.4) is 0 Å². The standard InChI is InChI=1S/C24H48NO2.C22H44NO2.2ClH/c1-5-7-8-9-10-11-12-13-14-15-16-17-18-19-20-21-22-25(3,4)23-27-24(26)6-2;1-6-8-9-10-11-12-13-14-15-16-17-18-19-21(20-23(3,4)5)25-22(24)7-2;;/h6H,2,5,7-23H2,1,3-4H3;7,21H,2,6,8-20H2,1,3-5H3;2*1H/q2*+1;;/p-2. The molecule has 54 heavy (non-hydrogen) atoms. The zero-order valence-corrected chi connectivity index (χ0v) is 38.6. The topological polar surface area (TPSA) is 52.6 Å². The number of halogens is 2. The first kappa shape index (κ1) is 59.6. The van der Waals surface area contributed by atoms with Gasteiger partial charge in [0, 0.05) is 12.2 Å². The summed E-state index contributed by atoms with van der Waals surface area (Å²) in [6, 6.07) is 0. The van der Waals surface area contributed by atoms with Gasteiger partial charge >= 0.3 is 11.9 Å². The Bertz CT molecular complexity index is 832. The number of carbonyl (C=O) groups is 2. The Kier molecular flexibility index (Phi) is 47.5. The summed E-state index contributed by atoms with van der Waals surface area (Å²) in [6.07, 6.45) is 42.0. The van der Waals surface area contributed by atoms with Crippen LogP contribution in [0, 0.1) is 0 Å². The van der Waals surface area contributed by atoms with E-state index in [0.29, 0.717) is 6.73 Å². The van der Waals surface area contributed by atoms with E-state index in [0.717, 1.165) is 34.9 Å². The lowest BCUT2D eigenvalue weighted by atomic mass is 10.0. The van der Waals surface area contributed by atoms with Gasteiger partial charge in [0.2, 0.25) is 6.73 Å². The molecule has 0 fully saturated rings. The predicted octanol–water partition coefficient (Wildman–Crippen LogP) is 6.90. The van der Waals surface area contributed by atoms with Gasteiger partial charge in [0.25, 0.3) is 0 Å². The van der Waals surface area contributed by atoms with Gasteiger partial charge in [-0.25, -0.2) is 9.59 Å². The van der Waals surface area contributed by atoms with E-state index in [-0.39, 0.29) is 42.9 Å². The average molecular weight is 808 g/mol. The van der Waals surface area contributed by atoms with Crippen LogP contribution in [0.15, 0.2) is 25.3 Å². The second-order valence-corrected chi connectivity index (χ2v) is 17.2. The molecule has 0 aliphatic heterocycles. The molecule has 0 radical (unpaired) electrons. The molecule has 0 N–H and O–H groups in total. The number of carbonyl (C=O) groups excluding carboxylic acids is 2. The van der Waals surface area contributed by atoms with Gasteiger partial charge < -0.3 is 38.8 Å². The molecule has 0 aromatic heterocycles. The lowest BCUT2D eigenvalue weighted by Crippen LogP contribution is -3.00. The van der Waals surface area contributed by atoms with E-state index in [1.54, 1.807) is 0 Å². The molecule has 0 aliphatic carbocycles. The molecule has 0 aromatic rings. The normalized spacial score (nSPS) is 11.7. The number of likely N-dealkylation sites (N-methyl/N-ethyl adjacent to an activating group) is 1. The van der Waals surface area contributed by atoms with Crippen molar-refractivity contribution in [2.75, 3.05) is 55.1 Å². The van der Waals surface area contributed by atoms with Gasteiger partial charge in [-0.2, -0.15) is 0 Å². The van der Waals surface area contributed by atoms with Crippen LogP contribution in [0.2, 0.25) is 0 Å². The van der Waals surface area contributed by atoms with Gasteiger partial charge in [-0.3, -0.25) is 4.48 Å². The summed E-state index contributed by atoms with van der Waals surface area (Å²) in [4.78, 5) is 22.6. The molecular weight excluding hydrogens is 715 g/mol. The van der Waals surface area contributed by atoms with E-state index in [1.807, 2.05) is 0 Å². The van der Waals surface area contributed by atoms with Gasteiger partial charge in [0.1, 0.15) is 6.54 Å². The molecular formula is C46H92Cl2N2O4. The largest absolute Gasteiger partial charge is 1.00 e. The summed E-state index contributed by atoms with van der Waals surface area (Å²) in [5.74, 6) is -0.620. The molecule has 6 nitrogen and oxygen atoms in total. The Morgan fingerprint density at radius 1 is 0.500 bits per heavy atom. The third-order valence-electron chi connectivity index (χ3n) is 9.92. The van der Waals surface area contributed by atoms with Crippen LogP contribution in [0.4, 0.5) is 0 Å². The van der Waals surface area contributed by atoms with Gasteiger partial charge in [-0.05, 0) is 25.7 Å². The minimum absolute atomic E-state index is 0. The molecule has 8 heteroatoms. The van der Waals surface area contributed by atoms with E-state index in [4.69, 9.17) is 9.47 Å². The lowest BCUT2D eigenvalue weighted by Gasteiger charge is -2.28. The van der Waals surface area contributed by atoms with Crippen molar-refractivity contribution < 1.29 is 52.8 Å². The van der Waals surface area contributed by atoms with Gasteiger partial charge in [0.15, 0.2) is 6.10 Å². The number of hydrogen-bond donors (Lipinski definition) is 0. The Hall–Kier alpha value is -1.08. The number of ether oxygens (including phenoxy) is 2. The SMILES string of the molecule is C=CC(=O)OC(CCCCCCCCCCCCCC)C[N+](C)(C)C.C=CC(=O)OC[N+](C)(C)CCCCCCCCCCCCCCCCCC.[Cl-].[Cl-]. The van der Waals surface area contributed by atoms with Crippen LogP contribution in [-0.4, -0.2) is 82.1 Å². The van der Waals surface area contributed by atoms with Crippen LogP contribution < -0.4 is 24.8 Å². The summed E-state index contributed by atoms with van der Waals surface area (Å²) in [5.41, 5.74) is 0. The van der Waals surface area contributed by atoms with Gasteiger partial charge in [-0.15, -0.1) is 0 Å². The quantitative estimate of drug-likeness (QED) is 0.0226. The maximum Gasteiger partial charge on any atom is 0.334 e. The molecule has 0 amide bonds. The molecule has 0 rings (SSSR count). The Labute approximate surface area is 350 Å². The van der Waals surface area contributed by atoms with Crippen molar-refractivity contribution in [1.29, 1.82) is 0 Å². The first-order valence-corrected chi connectivity index (χ1v) is 22.2. The average Bonchev–Trinajstić information content (AvgIpc) is 3.10. The van der Waals surface area contributed by atoms with Crippen molar-refractivity contribution in [2.45, 2.75) is 206 Å². The smallest absolute Gasteiger partial charge is 0.334 e. The molecule has 1 atom stereocenters. The number of quaternary nitrogens is 2. The molecule has 1 unspecified atom stereocenters. The lowest BCUT2D eigenvalue weighted by molar-refractivity contribution is -0.907. The van der Waals surface area contributed by atoms with Gasteiger partial charge in [0.05, 0.1) is 41.8 Å². The number of unbranched alkanes of at least 4 members (excludes halogenated alkanes) is 26. The summed E-state index contributed by atoms with van der Waals surface area (Å²) >= 11 is 0. The molecule has 0 spiro atoms. The minimum atomic E-state index is -0.326. The van der Waals surface area contributed by atoms with E-state index >= 15 is 0 Å². The van der Waals surface area contributed by atoms with Crippen molar-refractivity contribution in [3.63, 3.8) is 0 Å². The maximum absolute atomic E-state index is 11.5. The van der Waals surface area contributed by atoms with Crippen molar-refractivity contribution in [1.82, 2.24) is 0 Å². The van der Waals surface area contributed by atoms with Crippen LogP contribution in [-0.2, 0) is 19.1 Å². The van der Waals surface area contributed by atoms with E-state index in [1.165, 1.54) is 186 Å². The molecule has 0 aliphatic rings. The van der Waals surface area contributed by atoms with E-state index in [9.17, 15) is 9.59 Å². The highest BCUT2D eigenvalue weighted by Gasteiger charge is 2.21. The Balaban J connectivity index is -0.000000448. The second-order valence-electron chi connectivity index (χ2n) is 17.2. The number of rotatable bonds is 37. The monoisotopic (exact) mass is 807 g/mol. The molecule has 324 valence electrons. The molecule has 0 saturated carbocycles. The van der Waals surface area contributed by atoms with Crippen LogP contribution in [0.1, 0.15) is 200 Å².